The number of nitrogens with zero attached hydrogens (tertiary/aromatic N) is 5. The number of hydrogen-bond donors (Lipinski definition) is 2. The highest BCUT2D eigenvalue weighted by Crippen LogP contribution is 2.33. The van der Waals surface area contributed by atoms with Gasteiger partial charge in [0.05, 0.1) is 17.1 Å². The molecule has 2 saturated heterocycles. The summed E-state index contributed by atoms with van der Waals surface area (Å²) in [5.74, 6) is 1.15. The Bertz CT molecular complexity index is 1180. The third-order valence-electron chi connectivity index (χ3n) is 6.00. The van der Waals surface area contributed by atoms with Crippen LogP contribution in [0.15, 0.2) is 30.3 Å². The quantitative estimate of drug-likeness (QED) is 0.612. The molecule has 2 N–H and O–H groups in total. The number of likely N-dealkylation sites (tertiary alicyclic amines) is 2. The van der Waals surface area contributed by atoms with Gasteiger partial charge in [0.1, 0.15) is 11.6 Å². The Balaban J connectivity index is 1.26. The zero-order chi connectivity index (χ0) is 22.4. The lowest BCUT2D eigenvalue weighted by molar-refractivity contribution is 0.0608. The number of carbonyl (C=O) groups is 1. The van der Waals surface area contributed by atoms with Crippen LogP contribution in [0.1, 0.15) is 34.0 Å². The van der Waals surface area contributed by atoms with Crippen molar-refractivity contribution in [3.05, 3.63) is 63.9 Å². The number of aryl methyl sites for hydroxylation is 2. The predicted octanol–water partition coefficient (Wildman–Crippen LogP) is 3.45. The lowest BCUT2D eigenvalue weighted by atomic mass is 10.1. The van der Waals surface area contributed by atoms with E-state index in [1.165, 1.54) is 12.1 Å². The molecular weight excluding hydrogens is 433 g/mol. The molecule has 0 aliphatic carbocycles. The van der Waals surface area contributed by atoms with Gasteiger partial charge in [-0.2, -0.15) is 5.10 Å². The fourth-order valence-corrected chi connectivity index (χ4v) is 4.75. The lowest BCUT2D eigenvalue weighted by Gasteiger charge is -2.34. The van der Waals surface area contributed by atoms with Crippen molar-refractivity contribution in [2.75, 3.05) is 18.4 Å². The number of amides is 1. The Kier molecular flexibility index (Phi) is 5.30. The molecule has 2 fully saturated rings. The molecule has 166 valence electrons. The molecule has 32 heavy (non-hydrogen) atoms. The van der Waals surface area contributed by atoms with Gasteiger partial charge in [-0.3, -0.25) is 14.8 Å². The van der Waals surface area contributed by atoms with Crippen molar-refractivity contribution in [1.29, 1.82) is 0 Å². The van der Waals surface area contributed by atoms with Gasteiger partial charge < -0.3 is 10.2 Å². The van der Waals surface area contributed by atoms with Crippen LogP contribution in [-0.4, -0.2) is 61.0 Å². The van der Waals surface area contributed by atoms with E-state index in [-0.39, 0.29) is 28.6 Å². The van der Waals surface area contributed by atoms with Gasteiger partial charge in [-0.25, -0.2) is 14.4 Å². The number of benzene rings is 1. The molecule has 10 heteroatoms. The first-order valence-corrected chi connectivity index (χ1v) is 10.9. The molecule has 0 saturated carbocycles. The SMILES string of the molecule is Cc1cc(Nc2cc(C)[nH]n2)nc(CN2C[C@@H]3C[C@H]2CN3C(=O)c2cccc(Cl)c2F)n1. The monoisotopic (exact) mass is 455 g/mol. The van der Waals surface area contributed by atoms with Crippen molar-refractivity contribution < 1.29 is 9.18 Å². The molecule has 2 aliphatic heterocycles. The molecule has 1 amide bonds. The molecule has 4 heterocycles. The van der Waals surface area contributed by atoms with E-state index in [4.69, 9.17) is 11.6 Å². The molecule has 0 radical (unpaired) electrons. The van der Waals surface area contributed by atoms with Crippen LogP contribution in [0.2, 0.25) is 5.02 Å². The van der Waals surface area contributed by atoms with E-state index < -0.39 is 5.82 Å². The van der Waals surface area contributed by atoms with E-state index >= 15 is 0 Å². The number of rotatable bonds is 5. The number of carbonyl (C=O) groups excluding carboxylic acids is 1. The number of fused-ring (bicyclic) bond motifs is 2. The van der Waals surface area contributed by atoms with Crippen LogP contribution in [-0.2, 0) is 6.54 Å². The molecular formula is C22H23ClFN7O. The van der Waals surface area contributed by atoms with E-state index in [1.54, 1.807) is 11.0 Å². The zero-order valence-electron chi connectivity index (χ0n) is 17.8. The van der Waals surface area contributed by atoms with Crippen LogP contribution < -0.4 is 5.32 Å². The fraction of sp³-hybridized carbons (Fsp3) is 0.364. The number of aromatic nitrogens is 4. The first-order valence-electron chi connectivity index (χ1n) is 10.5. The lowest BCUT2D eigenvalue weighted by Crippen LogP contribution is -2.48. The Labute approximate surface area is 189 Å². The number of aromatic amines is 1. The number of nitrogens with one attached hydrogen (secondary N) is 2. The van der Waals surface area contributed by atoms with Crippen LogP contribution in [0.25, 0.3) is 0 Å². The maximum atomic E-state index is 14.3. The molecule has 0 unspecified atom stereocenters. The van der Waals surface area contributed by atoms with Gasteiger partial charge in [0, 0.05) is 48.7 Å². The van der Waals surface area contributed by atoms with Crippen LogP contribution in [0.5, 0.6) is 0 Å². The number of halogens is 2. The van der Waals surface area contributed by atoms with Gasteiger partial charge >= 0.3 is 0 Å². The van der Waals surface area contributed by atoms with Crippen molar-refractivity contribution in [3.8, 4) is 0 Å². The molecule has 2 bridgehead atoms. The summed E-state index contributed by atoms with van der Waals surface area (Å²) in [6.07, 6.45) is 0.859. The van der Waals surface area contributed by atoms with E-state index in [9.17, 15) is 9.18 Å². The Hall–Kier alpha value is -3.04. The van der Waals surface area contributed by atoms with Crippen LogP contribution >= 0.6 is 11.6 Å². The predicted molar refractivity (Wildman–Crippen MR) is 118 cm³/mol. The maximum absolute atomic E-state index is 14.3. The molecule has 2 aromatic heterocycles. The Morgan fingerprint density at radius 1 is 1.22 bits per heavy atom. The third-order valence-corrected chi connectivity index (χ3v) is 6.30. The number of piperazine rings is 1. The van der Waals surface area contributed by atoms with Crippen molar-refractivity contribution >= 4 is 29.1 Å². The number of H-pyrrole nitrogens is 1. The Morgan fingerprint density at radius 2 is 2.06 bits per heavy atom. The first-order chi connectivity index (χ1) is 15.4. The summed E-state index contributed by atoms with van der Waals surface area (Å²) in [5, 5.41) is 10.3. The van der Waals surface area contributed by atoms with E-state index in [0.29, 0.717) is 37.1 Å². The highest BCUT2D eigenvalue weighted by molar-refractivity contribution is 6.31. The molecule has 3 aromatic rings. The molecule has 2 aliphatic rings. The topological polar surface area (TPSA) is 90.0 Å². The molecule has 1 aromatic carbocycles. The summed E-state index contributed by atoms with van der Waals surface area (Å²) >= 11 is 5.86. The fourth-order valence-electron chi connectivity index (χ4n) is 4.58. The van der Waals surface area contributed by atoms with Crippen LogP contribution in [0.4, 0.5) is 16.0 Å². The van der Waals surface area contributed by atoms with Gasteiger partial charge in [0.15, 0.2) is 11.6 Å². The summed E-state index contributed by atoms with van der Waals surface area (Å²) in [6, 6.07) is 8.56. The van der Waals surface area contributed by atoms with Gasteiger partial charge in [-0.1, -0.05) is 17.7 Å². The Morgan fingerprint density at radius 3 is 2.78 bits per heavy atom. The van der Waals surface area contributed by atoms with Crippen LogP contribution in [0, 0.1) is 19.7 Å². The van der Waals surface area contributed by atoms with Crippen molar-refractivity contribution in [2.45, 2.75) is 38.9 Å². The van der Waals surface area contributed by atoms with E-state index in [2.05, 4.69) is 30.4 Å². The zero-order valence-corrected chi connectivity index (χ0v) is 18.5. The van der Waals surface area contributed by atoms with Gasteiger partial charge in [0.25, 0.3) is 5.91 Å². The largest absolute Gasteiger partial charge is 0.333 e. The standard InChI is InChI=1S/C22H23ClFN7O/c1-12-6-18(26-19-7-13(2)28-29-19)27-20(25-12)11-30-9-15-8-14(30)10-31(15)22(32)16-4-3-5-17(23)21(16)24/h3-7,14-15H,8-11H2,1-2H3,(H2,25,26,27,28,29)/t14-,15-/m0/s1. The van der Waals surface area contributed by atoms with E-state index in [1.807, 2.05) is 26.0 Å². The highest BCUT2D eigenvalue weighted by atomic mass is 35.5. The summed E-state index contributed by atoms with van der Waals surface area (Å²) < 4.78 is 14.3. The minimum Gasteiger partial charge on any atom is -0.333 e. The van der Waals surface area contributed by atoms with E-state index in [0.717, 1.165) is 17.8 Å². The first kappa shape index (κ1) is 20.8. The van der Waals surface area contributed by atoms with Gasteiger partial charge in [-0.15, -0.1) is 0 Å². The molecule has 8 nitrogen and oxygen atoms in total. The minimum absolute atomic E-state index is 0.0305. The highest BCUT2D eigenvalue weighted by Gasteiger charge is 2.45. The van der Waals surface area contributed by atoms with Gasteiger partial charge in [-0.05, 0) is 32.4 Å². The molecule has 5 rings (SSSR count). The summed E-state index contributed by atoms with van der Waals surface area (Å²) in [7, 11) is 0. The average molecular weight is 456 g/mol. The number of hydrogen-bond acceptors (Lipinski definition) is 6. The normalized spacial score (nSPS) is 20.2. The summed E-state index contributed by atoms with van der Waals surface area (Å²) in [4.78, 5) is 26.2. The van der Waals surface area contributed by atoms with Crippen molar-refractivity contribution in [1.82, 2.24) is 30.0 Å². The van der Waals surface area contributed by atoms with Crippen LogP contribution in [0.3, 0.4) is 0 Å². The summed E-state index contributed by atoms with van der Waals surface area (Å²) in [6.45, 7) is 5.72. The smallest absolute Gasteiger partial charge is 0.257 e. The van der Waals surface area contributed by atoms with Crippen molar-refractivity contribution in [3.63, 3.8) is 0 Å². The average Bonchev–Trinajstić information content (AvgIpc) is 3.45. The molecule has 2 atom stereocenters. The second-order valence-corrected chi connectivity index (χ2v) is 8.81. The second-order valence-electron chi connectivity index (χ2n) is 8.40. The molecule has 0 spiro atoms. The van der Waals surface area contributed by atoms with Gasteiger partial charge in [0.2, 0.25) is 0 Å². The number of anilines is 2. The second kappa shape index (κ2) is 8.14. The minimum atomic E-state index is -0.654. The maximum Gasteiger partial charge on any atom is 0.257 e. The summed E-state index contributed by atoms with van der Waals surface area (Å²) in [5.41, 5.74) is 1.86. The van der Waals surface area contributed by atoms with Crippen molar-refractivity contribution in [2.24, 2.45) is 0 Å². The third kappa shape index (κ3) is 3.93.